The van der Waals surface area contributed by atoms with Crippen molar-refractivity contribution >= 4 is 21.5 Å². The highest BCUT2D eigenvalue weighted by molar-refractivity contribution is 7.92. The van der Waals surface area contributed by atoms with Crippen molar-refractivity contribution in [1.29, 1.82) is 5.41 Å². The van der Waals surface area contributed by atoms with E-state index in [2.05, 4.69) is 9.71 Å². The summed E-state index contributed by atoms with van der Waals surface area (Å²) in [6, 6.07) is 6.56. The summed E-state index contributed by atoms with van der Waals surface area (Å²) in [7, 11) is -3.92. The molecule has 0 aliphatic rings. The van der Waals surface area contributed by atoms with Crippen LogP contribution < -0.4 is 10.5 Å². The molecule has 8 heteroatoms. The highest BCUT2D eigenvalue weighted by Gasteiger charge is 2.18. The summed E-state index contributed by atoms with van der Waals surface area (Å²) in [6.45, 7) is 0. The molecule has 20 heavy (non-hydrogen) atoms. The van der Waals surface area contributed by atoms with Crippen LogP contribution in [0, 0.1) is 11.2 Å². The van der Waals surface area contributed by atoms with Gasteiger partial charge in [-0.1, -0.05) is 6.07 Å². The van der Waals surface area contributed by atoms with E-state index >= 15 is 0 Å². The lowest BCUT2D eigenvalue weighted by Crippen LogP contribution is -2.20. The van der Waals surface area contributed by atoms with Gasteiger partial charge in [0, 0.05) is 12.4 Å². The van der Waals surface area contributed by atoms with Crippen LogP contribution in [0.3, 0.4) is 0 Å². The monoisotopic (exact) mass is 294 g/mol. The lowest BCUT2D eigenvalue weighted by molar-refractivity contribution is 0.600. The summed E-state index contributed by atoms with van der Waals surface area (Å²) in [4.78, 5) is 3.64. The zero-order valence-corrected chi connectivity index (χ0v) is 11.0. The van der Waals surface area contributed by atoms with Gasteiger partial charge in [0.05, 0.1) is 11.3 Å². The first-order valence-electron chi connectivity index (χ1n) is 5.47. The van der Waals surface area contributed by atoms with Gasteiger partial charge < -0.3 is 5.73 Å². The van der Waals surface area contributed by atoms with Gasteiger partial charge in [-0.2, -0.15) is 0 Å². The molecule has 1 aromatic heterocycles. The van der Waals surface area contributed by atoms with Gasteiger partial charge in [-0.25, -0.2) is 12.8 Å². The SMILES string of the molecule is N=C(N)c1c(F)cccc1NS(=O)(=O)c1cccnc1. The van der Waals surface area contributed by atoms with Crippen molar-refractivity contribution in [3.8, 4) is 0 Å². The van der Waals surface area contributed by atoms with Crippen LogP contribution in [0.25, 0.3) is 0 Å². The zero-order chi connectivity index (χ0) is 14.8. The number of halogens is 1. The third kappa shape index (κ3) is 2.75. The summed E-state index contributed by atoms with van der Waals surface area (Å²) in [5, 5.41) is 7.32. The van der Waals surface area contributed by atoms with E-state index in [0.717, 1.165) is 12.3 Å². The molecule has 0 aliphatic carbocycles. The predicted molar refractivity (Wildman–Crippen MR) is 72.5 cm³/mol. The van der Waals surface area contributed by atoms with E-state index in [0.29, 0.717) is 0 Å². The molecule has 0 fully saturated rings. The molecule has 0 aliphatic heterocycles. The van der Waals surface area contributed by atoms with E-state index in [1.807, 2.05) is 0 Å². The number of anilines is 1. The minimum absolute atomic E-state index is 0.0706. The molecular weight excluding hydrogens is 283 g/mol. The number of rotatable bonds is 4. The molecular formula is C12H11FN4O2S. The molecule has 4 N–H and O–H groups in total. The average molecular weight is 294 g/mol. The maximum Gasteiger partial charge on any atom is 0.263 e. The zero-order valence-electron chi connectivity index (χ0n) is 10.2. The third-order valence-corrected chi connectivity index (χ3v) is 3.82. The summed E-state index contributed by atoms with van der Waals surface area (Å²) >= 11 is 0. The minimum Gasteiger partial charge on any atom is -0.384 e. The van der Waals surface area contributed by atoms with Gasteiger partial charge in [-0.05, 0) is 24.3 Å². The number of sulfonamides is 1. The molecule has 2 rings (SSSR count). The van der Waals surface area contributed by atoms with Crippen molar-refractivity contribution in [2.45, 2.75) is 4.90 Å². The molecule has 104 valence electrons. The van der Waals surface area contributed by atoms with Crippen molar-refractivity contribution in [1.82, 2.24) is 4.98 Å². The quantitative estimate of drug-likeness (QED) is 0.583. The van der Waals surface area contributed by atoms with Crippen LogP contribution in [-0.4, -0.2) is 19.2 Å². The van der Waals surface area contributed by atoms with Crippen molar-refractivity contribution < 1.29 is 12.8 Å². The highest BCUT2D eigenvalue weighted by atomic mass is 32.2. The number of hydrogen-bond acceptors (Lipinski definition) is 4. The van der Waals surface area contributed by atoms with Crippen LogP contribution in [0.5, 0.6) is 0 Å². The van der Waals surface area contributed by atoms with Gasteiger partial charge in [0.2, 0.25) is 0 Å². The molecule has 0 saturated carbocycles. The molecule has 1 heterocycles. The molecule has 0 radical (unpaired) electrons. The number of pyridine rings is 1. The molecule has 6 nitrogen and oxygen atoms in total. The lowest BCUT2D eigenvalue weighted by Gasteiger charge is -2.12. The maximum atomic E-state index is 13.6. The van der Waals surface area contributed by atoms with Crippen LogP contribution in [0.2, 0.25) is 0 Å². The minimum atomic E-state index is -3.92. The van der Waals surface area contributed by atoms with Gasteiger partial charge >= 0.3 is 0 Å². The van der Waals surface area contributed by atoms with Gasteiger partial charge in [0.25, 0.3) is 10.0 Å². The standard InChI is InChI=1S/C12H11FN4O2S/c13-9-4-1-5-10(11(9)12(14)15)17-20(18,19)8-3-2-6-16-7-8/h1-7,17H,(H3,14,15). The molecule has 0 bridgehead atoms. The Morgan fingerprint density at radius 3 is 2.65 bits per heavy atom. The van der Waals surface area contributed by atoms with Gasteiger partial charge in [-0.15, -0.1) is 0 Å². The lowest BCUT2D eigenvalue weighted by atomic mass is 10.1. The summed E-state index contributed by atoms with van der Waals surface area (Å²) < 4.78 is 40.0. The fraction of sp³-hybridized carbons (Fsp3) is 0. The van der Waals surface area contributed by atoms with E-state index in [-0.39, 0.29) is 16.1 Å². The Balaban J connectivity index is 2.46. The molecule has 1 aromatic carbocycles. The Bertz CT molecular complexity index is 747. The first kappa shape index (κ1) is 13.9. The van der Waals surface area contributed by atoms with Crippen LogP contribution >= 0.6 is 0 Å². The summed E-state index contributed by atoms with van der Waals surface area (Å²) in [5.74, 6) is -1.34. The normalized spacial score (nSPS) is 11.1. The molecule has 0 unspecified atom stereocenters. The second kappa shape index (κ2) is 5.25. The molecule has 0 saturated heterocycles. The van der Waals surface area contributed by atoms with Crippen molar-refractivity contribution in [3.05, 3.63) is 54.1 Å². The Morgan fingerprint density at radius 2 is 2.05 bits per heavy atom. The van der Waals surface area contributed by atoms with E-state index < -0.39 is 21.7 Å². The van der Waals surface area contributed by atoms with Gasteiger partial charge in [0.15, 0.2) is 0 Å². The number of nitrogens with two attached hydrogens (primary N) is 1. The summed E-state index contributed by atoms with van der Waals surface area (Å²) in [5.41, 5.74) is 4.88. The molecule has 0 spiro atoms. The first-order chi connectivity index (χ1) is 9.42. The smallest absolute Gasteiger partial charge is 0.263 e. The third-order valence-electron chi connectivity index (χ3n) is 2.47. The number of nitrogen functional groups attached to an aromatic ring is 1. The van der Waals surface area contributed by atoms with Crippen LogP contribution in [-0.2, 0) is 10.0 Å². The van der Waals surface area contributed by atoms with E-state index in [4.69, 9.17) is 11.1 Å². The second-order valence-electron chi connectivity index (χ2n) is 3.87. The number of hydrogen-bond donors (Lipinski definition) is 3. The van der Waals surface area contributed by atoms with E-state index in [1.54, 1.807) is 0 Å². The second-order valence-corrected chi connectivity index (χ2v) is 5.55. The Hall–Kier alpha value is -2.48. The number of benzene rings is 1. The van der Waals surface area contributed by atoms with Gasteiger partial charge in [0.1, 0.15) is 16.5 Å². The number of aromatic nitrogens is 1. The highest BCUT2D eigenvalue weighted by Crippen LogP contribution is 2.21. The average Bonchev–Trinajstić information content (AvgIpc) is 2.39. The largest absolute Gasteiger partial charge is 0.384 e. The molecule has 2 aromatic rings. The number of nitrogens with one attached hydrogen (secondary N) is 2. The predicted octanol–water partition coefficient (Wildman–Crippen LogP) is 1.31. The van der Waals surface area contributed by atoms with Crippen molar-refractivity contribution in [2.75, 3.05) is 4.72 Å². The topological polar surface area (TPSA) is 109 Å². The number of nitrogens with zero attached hydrogens (tertiary/aromatic N) is 1. The number of amidine groups is 1. The van der Waals surface area contributed by atoms with Crippen LogP contribution in [0.15, 0.2) is 47.6 Å². The van der Waals surface area contributed by atoms with Crippen molar-refractivity contribution in [3.63, 3.8) is 0 Å². The first-order valence-corrected chi connectivity index (χ1v) is 6.96. The molecule has 0 amide bonds. The van der Waals surface area contributed by atoms with Gasteiger partial charge in [-0.3, -0.25) is 15.1 Å². The van der Waals surface area contributed by atoms with Crippen LogP contribution in [0.1, 0.15) is 5.56 Å². The maximum absolute atomic E-state index is 13.6. The van der Waals surface area contributed by atoms with Crippen LogP contribution in [0.4, 0.5) is 10.1 Å². The fourth-order valence-electron chi connectivity index (χ4n) is 1.59. The Labute approximate surface area is 115 Å². The summed E-state index contributed by atoms with van der Waals surface area (Å²) in [6.07, 6.45) is 2.59. The molecule has 0 atom stereocenters. The van der Waals surface area contributed by atoms with E-state index in [9.17, 15) is 12.8 Å². The fourth-order valence-corrected chi connectivity index (χ4v) is 2.63. The van der Waals surface area contributed by atoms with Crippen molar-refractivity contribution in [2.24, 2.45) is 5.73 Å². The Morgan fingerprint density at radius 1 is 1.30 bits per heavy atom. The van der Waals surface area contributed by atoms with E-state index in [1.165, 1.54) is 30.5 Å². The Kier molecular flexibility index (Phi) is 3.66.